The maximum atomic E-state index is 12.7. The first kappa shape index (κ1) is 25.6. The van der Waals surface area contributed by atoms with Gasteiger partial charge in [0.1, 0.15) is 17.6 Å². The molecule has 2 saturated heterocycles. The van der Waals surface area contributed by atoms with Crippen LogP contribution in [0.1, 0.15) is 35.4 Å². The van der Waals surface area contributed by atoms with E-state index < -0.39 is 0 Å². The molecule has 0 radical (unpaired) electrons. The summed E-state index contributed by atoms with van der Waals surface area (Å²) in [7, 11) is 0. The van der Waals surface area contributed by atoms with Crippen molar-refractivity contribution in [3.63, 3.8) is 0 Å². The molecule has 37 heavy (non-hydrogen) atoms. The highest BCUT2D eigenvalue weighted by Gasteiger charge is 2.25. The second-order valence-electron chi connectivity index (χ2n) is 10.1. The molecule has 7 nitrogen and oxygen atoms in total. The number of hydrogen-bond donors (Lipinski definition) is 0. The monoisotopic (exact) mass is 522 g/mol. The van der Waals surface area contributed by atoms with E-state index in [-0.39, 0.29) is 12.0 Å². The molecule has 3 aromatic rings. The summed E-state index contributed by atoms with van der Waals surface area (Å²) >= 11 is 6.16. The average Bonchev–Trinajstić information content (AvgIpc) is 3.23. The smallest absolute Gasteiger partial charge is 0.227 e. The van der Waals surface area contributed by atoms with Crippen molar-refractivity contribution >= 4 is 23.2 Å². The van der Waals surface area contributed by atoms with E-state index >= 15 is 0 Å². The van der Waals surface area contributed by atoms with Gasteiger partial charge in [0.05, 0.1) is 12.1 Å². The molecular weight excluding hydrogens is 488 g/mol. The zero-order chi connectivity index (χ0) is 25.8. The van der Waals surface area contributed by atoms with Gasteiger partial charge >= 0.3 is 0 Å². The fourth-order valence-electron chi connectivity index (χ4n) is 5.20. The van der Waals surface area contributed by atoms with Crippen LogP contribution in [0.4, 0.5) is 5.69 Å². The highest BCUT2D eigenvalue weighted by molar-refractivity contribution is 6.30. The molecule has 2 aliphatic heterocycles. The van der Waals surface area contributed by atoms with Gasteiger partial charge in [-0.05, 0) is 49.7 Å². The van der Waals surface area contributed by atoms with Crippen LogP contribution in [0.25, 0.3) is 0 Å². The molecule has 0 bridgehead atoms. The quantitative estimate of drug-likeness (QED) is 0.441. The SMILES string of the molecule is Cc1noc(C)c1CC(=O)N1CCC(Oc2ccc(CN3CCN(c4cccc(Cl)c4)CC3)cc2)CC1. The van der Waals surface area contributed by atoms with E-state index in [0.29, 0.717) is 19.5 Å². The lowest BCUT2D eigenvalue weighted by Crippen LogP contribution is -2.45. The molecular formula is C29H35ClN4O3. The van der Waals surface area contributed by atoms with Crippen LogP contribution in [0.3, 0.4) is 0 Å². The lowest BCUT2D eigenvalue weighted by atomic mass is 10.1. The molecule has 0 atom stereocenters. The molecule has 8 heteroatoms. The van der Waals surface area contributed by atoms with Crippen LogP contribution < -0.4 is 9.64 Å². The van der Waals surface area contributed by atoms with Gasteiger partial charge in [-0.2, -0.15) is 0 Å². The Kier molecular flexibility index (Phi) is 8.01. The van der Waals surface area contributed by atoms with Gasteiger partial charge in [-0.3, -0.25) is 9.69 Å². The maximum Gasteiger partial charge on any atom is 0.227 e. The third-order valence-electron chi connectivity index (χ3n) is 7.48. The number of nitrogens with zero attached hydrogens (tertiary/aromatic N) is 4. The summed E-state index contributed by atoms with van der Waals surface area (Å²) in [5.74, 6) is 1.76. The van der Waals surface area contributed by atoms with Gasteiger partial charge in [0, 0.05) is 74.9 Å². The highest BCUT2D eigenvalue weighted by Crippen LogP contribution is 2.23. The summed E-state index contributed by atoms with van der Waals surface area (Å²) < 4.78 is 11.4. The van der Waals surface area contributed by atoms with Gasteiger partial charge in [0.2, 0.25) is 5.91 Å². The van der Waals surface area contributed by atoms with Crippen molar-refractivity contribution in [1.29, 1.82) is 0 Å². The summed E-state index contributed by atoms with van der Waals surface area (Å²) in [5, 5.41) is 4.74. The summed E-state index contributed by atoms with van der Waals surface area (Å²) in [6, 6.07) is 16.6. The zero-order valence-electron chi connectivity index (χ0n) is 21.7. The first-order valence-electron chi connectivity index (χ1n) is 13.1. The van der Waals surface area contributed by atoms with Gasteiger partial charge < -0.3 is 19.1 Å². The topological polar surface area (TPSA) is 62.1 Å². The minimum Gasteiger partial charge on any atom is -0.490 e. The number of anilines is 1. The molecule has 0 unspecified atom stereocenters. The van der Waals surface area contributed by atoms with Gasteiger partial charge in [0.15, 0.2) is 0 Å². The number of carbonyl (C=O) groups excluding carboxylic acids is 1. The summed E-state index contributed by atoms with van der Waals surface area (Å²) in [4.78, 5) is 19.6. The minimum absolute atomic E-state index is 0.130. The fraction of sp³-hybridized carbons (Fsp3) is 0.448. The second-order valence-corrected chi connectivity index (χ2v) is 10.5. The van der Waals surface area contributed by atoms with Crippen LogP contribution in [0.15, 0.2) is 53.1 Å². The van der Waals surface area contributed by atoms with Crippen molar-refractivity contribution in [3.05, 3.63) is 76.1 Å². The van der Waals surface area contributed by atoms with Crippen molar-refractivity contribution in [2.75, 3.05) is 44.2 Å². The number of benzene rings is 2. The molecule has 3 heterocycles. The lowest BCUT2D eigenvalue weighted by Gasteiger charge is -2.36. The Morgan fingerprint density at radius 2 is 1.76 bits per heavy atom. The largest absolute Gasteiger partial charge is 0.490 e. The Morgan fingerprint density at radius 1 is 1.03 bits per heavy atom. The normalized spacial score (nSPS) is 17.3. The number of aromatic nitrogens is 1. The maximum absolute atomic E-state index is 12.7. The van der Waals surface area contributed by atoms with Crippen molar-refractivity contribution in [2.45, 2.75) is 45.8 Å². The molecule has 0 saturated carbocycles. The highest BCUT2D eigenvalue weighted by atomic mass is 35.5. The standard InChI is InChI=1S/C29H35ClN4O3/c1-21-28(22(2)37-31-21)19-29(35)34-12-10-27(11-13-34)36-26-8-6-23(7-9-26)20-32-14-16-33(17-15-32)25-5-3-4-24(30)18-25/h3-9,18,27H,10-17,19-20H2,1-2H3. The van der Waals surface area contributed by atoms with E-state index in [1.807, 2.05) is 36.9 Å². The van der Waals surface area contributed by atoms with E-state index in [2.05, 4.69) is 45.3 Å². The second kappa shape index (κ2) is 11.6. The molecule has 0 spiro atoms. The number of ether oxygens (including phenoxy) is 1. The summed E-state index contributed by atoms with van der Waals surface area (Å²) in [5.41, 5.74) is 4.20. The van der Waals surface area contributed by atoms with E-state index in [9.17, 15) is 4.79 Å². The molecule has 1 aromatic heterocycles. The van der Waals surface area contributed by atoms with Crippen molar-refractivity contribution in [2.24, 2.45) is 0 Å². The van der Waals surface area contributed by atoms with Gasteiger partial charge in [0.25, 0.3) is 0 Å². The number of hydrogen-bond acceptors (Lipinski definition) is 6. The number of amides is 1. The Labute approximate surface area is 223 Å². The van der Waals surface area contributed by atoms with Crippen molar-refractivity contribution in [3.8, 4) is 5.75 Å². The molecule has 1 amide bonds. The number of rotatable bonds is 7. The lowest BCUT2D eigenvalue weighted by molar-refractivity contribution is -0.132. The number of likely N-dealkylation sites (tertiary alicyclic amines) is 1. The van der Waals surface area contributed by atoms with Crippen LogP contribution in [-0.4, -0.2) is 66.2 Å². The van der Waals surface area contributed by atoms with E-state index in [0.717, 1.165) is 73.4 Å². The predicted octanol–water partition coefficient (Wildman–Crippen LogP) is 4.88. The van der Waals surface area contributed by atoms with Crippen LogP contribution in [0, 0.1) is 13.8 Å². The Bertz CT molecular complexity index is 1180. The van der Waals surface area contributed by atoms with Crippen molar-refractivity contribution in [1.82, 2.24) is 15.0 Å². The number of halogens is 1. The third kappa shape index (κ3) is 6.46. The fourth-order valence-corrected chi connectivity index (χ4v) is 5.39. The number of piperidine rings is 1. The van der Waals surface area contributed by atoms with E-state index in [1.54, 1.807) is 0 Å². The molecule has 0 N–H and O–H groups in total. The van der Waals surface area contributed by atoms with Crippen LogP contribution in [0.2, 0.25) is 5.02 Å². The molecule has 5 rings (SSSR count). The third-order valence-corrected chi connectivity index (χ3v) is 7.72. The van der Waals surface area contributed by atoms with Crippen molar-refractivity contribution < 1.29 is 14.1 Å². The van der Waals surface area contributed by atoms with E-state index in [4.69, 9.17) is 20.9 Å². The first-order valence-corrected chi connectivity index (χ1v) is 13.5. The van der Waals surface area contributed by atoms with E-state index in [1.165, 1.54) is 11.3 Å². The molecule has 196 valence electrons. The predicted molar refractivity (Wildman–Crippen MR) is 145 cm³/mol. The van der Waals surface area contributed by atoms with Crippen LogP contribution >= 0.6 is 11.6 Å². The zero-order valence-corrected chi connectivity index (χ0v) is 22.4. The molecule has 2 aliphatic rings. The number of aryl methyl sites for hydroxylation is 2. The Morgan fingerprint density at radius 3 is 2.41 bits per heavy atom. The van der Waals surface area contributed by atoms with Crippen LogP contribution in [0.5, 0.6) is 5.75 Å². The molecule has 2 aromatic carbocycles. The van der Waals surface area contributed by atoms with Gasteiger partial charge in [-0.25, -0.2) is 0 Å². The van der Waals surface area contributed by atoms with Crippen LogP contribution in [-0.2, 0) is 17.8 Å². The average molecular weight is 523 g/mol. The summed E-state index contributed by atoms with van der Waals surface area (Å²) in [6.45, 7) is 10.2. The Balaban J connectivity index is 1.05. The van der Waals surface area contributed by atoms with Gasteiger partial charge in [-0.15, -0.1) is 0 Å². The summed E-state index contributed by atoms with van der Waals surface area (Å²) in [6.07, 6.45) is 2.16. The minimum atomic E-state index is 0.130. The molecule has 2 fully saturated rings. The number of piperazine rings is 1. The molecule has 0 aliphatic carbocycles. The first-order chi connectivity index (χ1) is 17.9. The van der Waals surface area contributed by atoms with Gasteiger partial charge in [-0.1, -0.05) is 35.0 Å². The Hall–Kier alpha value is -3.03. The number of carbonyl (C=O) groups is 1.